The minimum Gasteiger partial charge on any atom is -0.300 e. The van der Waals surface area contributed by atoms with Gasteiger partial charge in [-0.2, -0.15) is 0 Å². The van der Waals surface area contributed by atoms with Gasteiger partial charge in [0.1, 0.15) is 0 Å². The number of hydrogen-bond donors (Lipinski definition) is 0. The lowest BCUT2D eigenvalue weighted by atomic mass is 9.84. The summed E-state index contributed by atoms with van der Waals surface area (Å²) in [6, 6.07) is 16.4. The average molecular weight is 396 g/mol. The van der Waals surface area contributed by atoms with Gasteiger partial charge in [-0.15, -0.1) is 0 Å². The van der Waals surface area contributed by atoms with Gasteiger partial charge in [0.2, 0.25) is 0 Å². The Kier molecular flexibility index (Phi) is 5.03. The molecule has 30 heavy (non-hydrogen) atoms. The van der Waals surface area contributed by atoms with Crippen LogP contribution in [-0.4, -0.2) is 18.0 Å². The Morgan fingerprint density at radius 3 is 1.93 bits per heavy atom. The van der Waals surface area contributed by atoms with E-state index in [1.54, 1.807) is 33.4 Å². The molecule has 0 saturated carbocycles. The molecule has 0 amide bonds. The zero-order valence-electron chi connectivity index (χ0n) is 18.9. The van der Waals surface area contributed by atoms with E-state index in [-0.39, 0.29) is 0 Å². The van der Waals surface area contributed by atoms with E-state index in [9.17, 15) is 0 Å². The predicted molar refractivity (Wildman–Crippen MR) is 128 cm³/mol. The molecule has 1 nitrogen and oxygen atoms in total. The summed E-state index contributed by atoms with van der Waals surface area (Å²) in [6.07, 6.45) is 4.47. The van der Waals surface area contributed by atoms with Gasteiger partial charge < -0.3 is 0 Å². The maximum absolute atomic E-state index is 2.51. The van der Waals surface area contributed by atoms with E-state index in [1.807, 2.05) is 0 Å². The fourth-order valence-corrected chi connectivity index (χ4v) is 5.92. The van der Waals surface area contributed by atoms with Crippen molar-refractivity contribution in [2.24, 2.45) is 0 Å². The molecule has 2 aliphatic rings. The van der Waals surface area contributed by atoms with Crippen molar-refractivity contribution in [1.82, 2.24) is 4.90 Å². The molecule has 0 atom stereocenters. The summed E-state index contributed by atoms with van der Waals surface area (Å²) < 4.78 is 0. The van der Waals surface area contributed by atoms with Crippen molar-refractivity contribution in [3.05, 3.63) is 81.4 Å². The van der Waals surface area contributed by atoms with Crippen LogP contribution in [0.1, 0.15) is 66.6 Å². The van der Waals surface area contributed by atoms with Crippen molar-refractivity contribution in [2.45, 2.75) is 59.9 Å². The number of benzene rings is 3. The maximum Gasteiger partial charge on any atom is 0.0233 e. The largest absolute Gasteiger partial charge is 0.300 e. The lowest BCUT2D eigenvalue weighted by Gasteiger charge is -2.20. The first-order valence-corrected chi connectivity index (χ1v) is 11.8. The van der Waals surface area contributed by atoms with E-state index < -0.39 is 0 Å². The number of nitrogens with zero attached hydrogens (tertiary/aromatic N) is 1. The second kappa shape index (κ2) is 7.71. The van der Waals surface area contributed by atoms with Crippen LogP contribution in [0.4, 0.5) is 0 Å². The van der Waals surface area contributed by atoms with Crippen molar-refractivity contribution in [3.63, 3.8) is 0 Å². The van der Waals surface area contributed by atoms with E-state index >= 15 is 0 Å². The molecule has 5 rings (SSSR count). The normalized spacial score (nSPS) is 13.4. The molecule has 0 spiro atoms. The highest BCUT2D eigenvalue weighted by Gasteiger charge is 2.33. The average Bonchev–Trinajstić information content (AvgIpc) is 3.34. The summed E-state index contributed by atoms with van der Waals surface area (Å²) in [4.78, 5) is 2.51. The van der Waals surface area contributed by atoms with E-state index in [4.69, 9.17) is 0 Å². The second-order valence-electron chi connectivity index (χ2n) is 8.83. The molecule has 1 heteroatoms. The number of fused-ring (bicyclic) bond motifs is 7. The van der Waals surface area contributed by atoms with Crippen molar-refractivity contribution < 1.29 is 0 Å². The van der Waals surface area contributed by atoms with Crippen molar-refractivity contribution >= 4 is 0 Å². The third-order valence-electron chi connectivity index (χ3n) is 7.42. The molecule has 3 aromatic rings. The third kappa shape index (κ3) is 2.87. The molecule has 3 aromatic carbocycles. The molecule has 0 fully saturated rings. The minimum atomic E-state index is 1.04. The first kappa shape index (κ1) is 19.6. The van der Waals surface area contributed by atoms with Crippen LogP contribution in [0.5, 0.6) is 0 Å². The topological polar surface area (TPSA) is 3.24 Å². The zero-order valence-corrected chi connectivity index (χ0v) is 18.9. The van der Waals surface area contributed by atoms with Crippen LogP contribution in [0.2, 0.25) is 0 Å². The van der Waals surface area contributed by atoms with E-state index in [2.05, 4.69) is 75.1 Å². The predicted octanol–water partition coefficient (Wildman–Crippen LogP) is 6.80. The molecule has 0 unspecified atom stereocenters. The van der Waals surface area contributed by atoms with Gasteiger partial charge >= 0.3 is 0 Å². The van der Waals surface area contributed by atoms with Crippen molar-refractivity contribution in [1.29, 1.82) is 0 Å². The second-order valence-corrected chi connectivity index (χ2v) is 8.83. The zero-order chi connectivity index (χ0) is 20.8. The summed E-state index contributed by atoms with van der Waals surface area (Å²) in [7, 11) is 0. The molecular weight excluding hydrogens is 362 g/mol. The van der Waals surface area contributed by atoms with Crippen LogP contribution in [-0.2, 0) is 32.2 Å². The third-order valence-corrected chi connectivity index (χ3v) is 7.42. The molecule has 0 aliphatic heterocycles. The van der Waals surface area contributed by atoms with Gasteiger partial charge in [-0.3, -0.25) is 4.90 Å². The Bertz CT molecular complexity index is 1120. The summed E-state index contributed by atoms with van der Waals surface area (Å²) >= 11 is 0. The quantitative estimate of drug-likeness (QED) is 0.306. The fourth-order valence-electron chi connectivity index (χ4n) is 5.92. The highest BCUT2D eigenvalue weighted by Crippen LogP contribution is 2.52. The monoisotopic (exact) mass is 395 g/mol. The highest BCUT2D eigenvalue weighted by atomic mass is 15.1. The molecule has 154 valence electrons. The highest BCUT2D eigenvalue weighted by molar-refractivity contribution is 5.97. The molecule has 0 saturated heterocycles. The molecule has 2 aliphatic carbocycles. The fraction of sp³-hybridized carbons (Fsp3) is 0.379. The number of hydrogen-bond acceptors (Lipinski definition) is 1. The van der Waals surface area contributed by atoms with Crippen LogP contribution in [0.15, 0.2) is 42.5 Å². The molecule has 0 bridgehead atoms. The Morgan fingerprint density at radius 2 is 1.30 bits per heavy atom. The lowest BCUT2D eigenvalue weighted by Crippen LogP contribution is -2.22. The molecular formula is C29H33N. The first-order valence-electron chi connectivity index (χ1n) is 11.8. The molecule has 0 aromatic heterocycles. The van der Waals surface area contributed by atoms with Gasteiger partial charge in [-0.1, -0.05) is 64.1 Å². The first-order chi connectivity index (χ1) is 14.7. The minimum absolute atomic E-state index is 1.04. The van der Waals surface area contributed by atoms with Crippen molar-refractivity contribution in [2.75, 3.05) is 13.1 Å². The molecule has 0 heterocycles. The van der Waals surface area contributed by atoms with Gasteiger partial charge in [-0.25, -0.2) is 0 Å². The Balaban J connectivity index is 1.75. The SMILES string of the molecule is CCc1c(CC)c2c(c3c1Cc1ccccc1-3)-c1cc(CN(CC)CC)ccc1C2. The van der Waals surface area contributed by atoms with E-state index in [1.165, 1.54) is 27.8 Å². The summed E-state index contributed by atoms with van der Waals surface area (Å²) in [5, 5.41) is 0. The molecule has 0 N–H and O–H groups in total. The van der Waals surface area contributed by atoms with Crippen LogP contribution in [0.25, 0.3) is 22.3 Å². The van der Waals surface area contributed by atoms with Gasteiger partial charge in [0.15, 0.2) is 0 Å². The van der Waals surface area contributed by atoms with Crippen LogP contribution in [0.3, 0.4) is 0 Å². The van der Waals surface area contributed by atoms with E-state index in [0.29, 0.717) is 0 Å². The Morgan fingerprint density at radius 1 is 0.700 bits per heavy atom. The summed E-state index contributed by atoms with van der Waals surface area (Å²) in [5.41, 5.74) is 17.0. The van der Waals surface area contributed by atoms with Gasteiger partial charge in [0.25, 0.3) is 0 Å². The van der Waals surface area contributed by atoms with Crippen LogP contribution < -0.4 is 0 Å². The van der Waals surface area contributed by atoms with Gasteiger partial charge in [-0.05, 0) is 106 Å². The maximum atomic E-state index is 2.51. The van der Waals surface area contributed by atoms with Crippen molar-refractivity contribution in [3.8, 4) is 22.3 Å². The number of rotatable bonds is 6. The Hall–Kier alpha value is -2.38. The lowest BCUT2D eigenvalue weighted by molar-refractivity contribution is 0.296. The molecule has 0 radical (unpaired) electrons. The van der Waals surface area contributed by atoms with Gasteiger partial charge in [0.05, 0.1) is 0 Å². The standard InChI is InChI=1S/C29H33N/c1-5-22-23(6-2)27-17-21-14-13-19(18-30(7-3)8-4)15-25(21)29(27)28-24-12-10-9-11-20(24)16-26(22)28/h9-15H,5-8,16-18H2,1-4H3. The summed E-state index contributed by atoms with van der Waals surface area (Å²) in [5.74, 6) is 0. The van der Waals surface area contributed by atoms with E-state index in [0.717, 1.165) is 45.3 Å². The Labute approximate surface area is 181 Å². The van der Waals surface area contributed by atoms with Crippen LogP contribution >= 0.6 is 0 Å². The van der Waals surface area contributed by atoms with Crippen LogP contribution in [0, 0.1) is 0 Å². The summed E-state index contributed by atoms with van der Waals surface area (Å²) in [6.45, 7) is 12.5. The smallest absolute Gasteiger partial charge is 0.0233 e. The van der Waals surface area contributed by atoms with Gasteiger partial charge in [0, 0.05) is 6.54 Å².